The number of halogens is 3. The first-order chi connectivity index (χ1) is 6.54. The Bertz CT molecular complexity index is 316. The zero-order valence-electron chi connectivity index (χ0n) is 7.25. The van der Waals surface area contributed by atoms with Crippen LogP contribution in [0.5, 0.6) is 0 Å². The molecule has 1 nitrogen and oxygen atoms in total. The predicted octanol–water partition coefficient (Wildman–Crippen LogP) is 2.02. The van der Waals surface area contributed by atoms with Crippen molar-refractivity contribution in [2.75, 3.05) is 0 Å². The van der Waals surface area contributed by atoms with Gasteiger partial charge in [-0.1, -0.05) is 24.2 Å². The van der Waals surface area contributed by atoms with Crippen molar-refractivity contribution in [2.45, 2.75) is 6.18 Å². The van der Waals surface area contributed by atoms with Crippen molar-refractivity contribution >= 4 is 13.6 Å². The second-order valence-electron chi connectivity index (χ2n) is 2.70. The lowest BCUT2D eigenvalue weighted by molar-refractivity contribution is -0.137. The molecule has 1 aromatic rings. The Morgan fingerprint density at radius 3 is 2.14 bits per heavy atom. The van der Waals surface area contributed by atoms with E-state index in [2.05, 4.69) is 0 Å². The van der Waals surface area contributed by atoms with Gasteiger partial charge in [-0.3, -0.25) is 0 Å². The molecule has 1 aromatic carbocycles. The second kappa shape index (κ2) is 4.33. The number of hydrogen-bond donors (Lipinski definition) is 1. The van der Waals surface area contributed by atoms with Crippen LogP contribution in [0.3, 0.4) is 0 Å². The molecule has 0 saturated carbocycles. The van der Waals surface area contributed by atoms with E-state index in [-0.39, 0.29) is 7.48 Å². The molecule has 0 amide bonds. The van der Waals surface area contributed by atoms with Crippen LogP contribution in [0.1, 0.15) is 11.1 Å². The Labute approximate surface area is 80.1 Å². The summed E-state index contributed by atoms with van der Waals surface area (Å²) in [7, 11) is -0.124. The summed E-state index contributed by atoms with van der Waals surface area (Å²) in [6.45, 7) is 0. The highest BCUT2D eigenvalue weighted by atomic mass is 19.4. The molecule has 0 fully saturated rings. The molecule has 0 saturated heterocycles. The van der Waals surface area contributed by atoms with Gasteiger partial charge in [0.1, 0.15) is 0 Å². The first-order valence-electron chi connectivity index (χ1n) is 3.98. The molecule has 0 heterocycles. The van der Waals surface area contributed by atoms with Gasteiger partial charge in [-0.15, -0.1) is 0 Å². The molecule has 1 N–H and O–H groups in total. The zero-order valence-corrected chi connectivity index (χ0v) is 7.25. The van der Waals surface area contributed by atoms with Crippen LogP contribution in [-0.4, -0.2) is 12.5 Å². The summed E-state index contributed by atoms with van der Waals surface area (Å²) in [6, 6.07) is 4.73. The maximum absolute atomic E-state index is 12.1. The normalized spacial score (nSPS) is 12.0. The molecule has 1 rings (SSSR count). The molecule has 0 unspecified atom stereocenters. The monoisotopic (exact) mass is 200 g/mol. The van der Waals surface area contributed by atoms with Crippen molar-refractivity contribution in [3.05, 3.63) is 41.4 Å². The summed E-state index contributed by atoms with van der Waals surface area (Å²) in [5, 5.41) is 8.44. The third-order valence-electron chi connectivity index (χ3n) is 1.65. The molecule has 0 radical (unpaired) electrons. The number of alkyl halides is 3. The van der Waals surface area contributed by atoms with Crippen molar-refractivity contribution in [3.63, 3.8) is 0 Å². The summed E-state index contributed by atoms with van der Waals surface area (Å²) in [5.41, 5.74) is -0.0364. The molecule has 0 atom stereocenters. The topological polar surface area (TPSA) is 20.2 Å². The Hall–Kier alpha value is -1.23. The van der Waals surface area contributed by atoms with Gasteiger partial charge in [0.2, 0.25) is 0 Å². The second-order valence-corrected chi connectivity index (χ2v) is 2.70. The summed E-state index contributed by atoms with van der Waals surface area (Å²) in [4.78, 5) is 0. The molecule has 74 valence electrons. The molecular formula is C9H8BF3O. The fraction of sp³-hybridized carbons (Fsp3) is 0.111. The standard InChI is InChI=1S/C9H8BF3O/c11-9(12,13)8-3-1-7(2-4-8)5-6-10-14/h1-6,10,14H/b6-5+. The van der Waals surface area contributed by atoms with Gasteiger partial charge in [0.05, 0.1) is 5.56 Å². The molecule has 0 aliphatic carbocycles. The van der Waals surface area contributed by atoms with Gasteiger partial charge in [-0.2, -0.15) is 13.2 Å². The molecule has 0 aliphatic heterocycles. The van der Waals surface area contributed by atoms with Crippen LogP contribution in [0.2, 0.25) is 0 Å². The lowest BCUT2D eigenvalue weighted by atomic mass is 10.00. The third-order valence-corrected chi connectivity index (χ3v) is 1.65. The van der Waals surface area contributed by atoms with Gasteiger partial charge in [0.15, 0.2) is 0 Å². The fourth-order valence-electron chi connectivity index (χ4n) is 0.972. The largest absolute Gasteiger partial charge is 0.450 e. The van der Waals surface area contributed by atoms with Crippen molar-refractivity contribution in [1.29, 1.82) is 0 Å². The minimum atomic E-state index is -4.29. The summed E-state index contributed by atoms with van der Waals surface area (Å²) < 4.78 is 36.3. The first kappa shape index (κ1) is 10.9. The highest BCUT2D eigenvalue weighted by Crippen LogP contribution is 2.29. The van der Waals surface area contributed by atoms with Crippen LogP contribution in [0.15, 0.2) is 30.2 Å². The molecular weight excluding hydrogens is 192 g/mol. The van der Waals surface area contributed by atoms with Crippen molar-refractivity contribution in [2.24, 2.45) is 0 Å². The molecule has 0 bridgehead atoms. The zero-order chi connectivity index (χ0) is 10.6. The van der Waals surface area contributed by atoms with Gasteiger partial charge >= 0.3 is 6.18 Å². The van der Waals surface area contributed by atoms with E-state index < -0.39 is 11.7 Å². The van der Waals surface area contributed by atoms with E-state index in [4.69, 9.17) is 5.02 Å². The Morgan fingerprint density at radius 2 is 1.71 bits per heavy atom. The minimum Gasteiger partial charge on any atom is -0.450 e. The highest BCUT2D eigenvalue weighted by molar-refractivity contribution is 6.33. The molecule has 0 aromatic heterocycles. The Balaban J connectivity index is 2.84. The van der Waals surface area contributed by atoms with Gasteiger partial charge in [-0.25, -0.2) is 0 Å². The van der Waals surface area contributed by atoms with E-state index in [0.717, 1.165) is 12.1 Å². The van der Waals surface area contributed by atoms with Gasteiger partial charge in [0.25, 0.3) is 7.48 Å². The maximum atomic E-state index is 12.1. The van der Waals surface area contributed by atoms with E-state index >= 15 is 0 Å². The van der Waals surface area contributed by atoms with Crippen LogP contribution in [0.4, 0.5) is 13.2 Å². The maximum Gasteiger partial charge on any atom is 0.416 e. The van der Waals surface area contributed by atoms with Gasteiger partial charge in [-0.05, 0) is 17.7 Å². The van der Waals surface area contributed by atoms with Crippen LogP contribution in [0, 0.1) is 0 Å². The van der Waals surface area contributed by atoms with Crippen molar-refractivity contribution < 1.29 is 18.2 Å². The number of benzene rings is 1. The van der Waals surface area contributed by atoms with Gasteiger partial charge < -0.3 is 5.02 Å². The average molecular weight is 200 g/mol. The number of hydrogen-bond acceptors (Lipinski definition) is 1. The highest BCUT2D eigenvalue weighted by Gasteiger charge is 2.29. The average Bonchev–Trinajstić information content (AvgIpc) is 2.14. The van der Waals surface area contributed by atoms with E-state index in [0.29, 0.717) is 5.56 Å². The Kier molecular flexibility index (Phi) is 3.35. The SMILES string of the molecule is OB/C=C/c1ccc(C(F)(F)F)cc1. The molecule has 0 spiro atoms. The van der Waals surface area contributed by atoms with Gasteiger partial charge in [0, 0.05) is 0 Å². The summed E-state index contributed by atoms with van der Waals surface area (Å²) in [5.74, 6) is 1.46. The molecule has 14 heavy (non-hydrogen) atoms. The van der Waals surface area contributed by atoms with Crippen LogP contribution in [-0.2, 0) is 6.18 Å². The van der Waals surface area contributed by atoms with Crippen LogP contribution < -0.4 is 0 Å². The van der Waals surface area contributed by atoms with E-state index in [9.17, 15) is 13.2 Å². The molecule has 5 heteroatoms. The van der Waals surface area contributed by atoms with Crippen molar-refractivity contribution in [3.8, 4) is 0 Å². The Morgan fingerprint density at radius 1 is 1.14 bits per heavy atom. The number of rotatable bonds is 2. The van der Waals surface area contributed by atoms with Crippen molar-refractivity contribution in [1.82, 2.24) is 0 Å². The van der Waals surface area contributed by atoms with Crippen LogP contribution >= 0.6 is 0 Å². The third kappa shape index (κ3) is 2.92. The predicted molar refractivity (Wildman–Crippen MR) is 49.8 cm³/mol. The fourth-order valence-corrected chi connectivity index (χ4v) is 0.972. The smallest absolute Gasteiger partial charge is 0.416 e. The molecule has 0 aliphatic rings. The lowest BCUT2D eigenvalue weighted by Crippen LogP contribution is -2.03. The van der Waals surface area contributed by atoms with E-state index in [1.807, 2.05) is 0 Å². The van der Waals surface area contributed by atoms with Crippen LogP contribution in [0.25, 0.3) is 6.08 Å². The summed E-state index contributed by atoms with van der Waals surface area (Å²) in [6.07, 6.45) is -2.74. The summed E-state index contributed by atoms with van der Waals surface area (Å²) >= 11 is 0. The lowest BCUT2D eigenvalue weighted by Gasteiger charge is -2.05. The minimum absolute atomic E-state index is 0.124. The first-order valence-corrected chi connectivity index (χ1v) is 3.98. The van der Waals surface area contributed by atoms with E-state index in [1.165, 1.54) is 18.1 Å². The quantitative estimate of drug-likeness (QED) is 0.724. The van der Waals surface area contributed by atoms with E-state index in [1.54, 1.807) is 6.08 Å².